The summed E-state index contributed by atoms with van der Waals surface area (Å²) >= 11 is 0. The number of benzene rings is 2. The van der Waals surface area contributed by atoms with E-state index in [0.717, 1.165) is 44.9 Å². The summed E-state index contributed by atoms with van der Waals surface area (Å²) in [6.45, 7) is 8.66. The van der Waals surface area contributed by atoms with Crippen LogP contribution in [-0.4, -0.2) is 74.9 Å². The molecule has 4 rings (SSSR count). The molecular weight excluding hydrogens is 677 g/mol. The van der Waals surface area contributed by atoms with Crippen molar-refractivity contribution in [2.45, 2.75) is 90.6 Å². The van der Waals surface area contributed by atoms with Gasteiger partial charge in [0.05, 0.1) is 27.7 Å². The fourth-order valence-corrected chi connectivity index (χ4v) is 8.58. The molecule has 286 valence electrons. The van der Waals surface area contributed by atoms with Gasteiger partial charge in [0.15, 0.2) is 6.10 Å². The minimum Gasteiger partial charge on any atom is -0.462 e. The van der Waals surface area contributed by atoms with Crippen LogP contribution in [-0.2, 0) is 32.7 Å². The largest absolute Gasteiger partial charge is 0.472 e. The molecule has 0 heterocycles. The minimum atomic E-state index is -4.37. The van der Waals surface area contributed by atoms with Gasteiger partial charge in [0.1, 0.15) is 19.8 Å². The number of rotatable bonds is 22. The maximum atomic E-state index is 12.5. The number of ether oxygens (including phenoxy) is 2. The standard InChI is InChI=1S/C42H60NO8P/c1-7-39(44)51-37(31-50-52(46,47)49-28-27-43(4,5)6)30-48-40(45)24-18-10-8-9-13-23-36-29-38-32(2)25-26-42(38,33(3)34-19-14-11-15-20-34)41(36)35-21-16-12-17-22-35/h11-12,14-17,19-22,32,37-38H,3,7-10,13,18,23-31H2,1-2,4-6H3/p+1/t32-,37-,38+,42+/m1/s1. The Morgan fingerprint density at radius 2 is 1.60 bits per heavy atom. The van der Waals surface area contributed by atoms with E-state index < -0.39 is 32.5 Å². The first-order valence-corrected chi connectivity index (χ1v) is 20.6. The van der Waals surface area contributed by atoms with Gasteiger partial charge in [-0.15, -0.1) is 0 Å². The molecule has 0 saturated heterocycles. The van der Waals surface area contributed by atoms with Gasteiger partial charge in [-0.05, 0) is 72.6 Å². The van der Waals surface area contributed by atoms with Crippen molar-refractivity contribution >= 4 is 30.9 Å². The van der Waals surface area contributed by atoms with Crippen molar-refractivity contribution in [1.29, 1.82) is 0 Å². The van der Waals surface area contributed by atoms with Crippen LogP contribution in [0.25, 0.3) is 11.1 Å². The van der Waals surface area contributed by atoms with E-state index in [1.54, 1.807) is 12.5 Å². The van der Waals surface area contributed by atoms with Crippen LogP contribution in [0.2, 0.25) is 0 Å². The van der Waals surface area contributed by atoms with Gasteiger partial charge in [-0.3, -0.25) is 18.6 Å². The molecule has 9 nitrogen and oxygen atoms in total. The number of hydrogen-bond donors (Lipinski definition) is 1. The van der Waals surface area contributed by atoms with Gasteiger partial charge in [-0.1, -0.05) is 106 Å². The second kappa shape index (κ2) is 19.3. The van der Waals surface area contributed by atoms with Crippen molar-refractivity contribution in [2.24, 2.45) is 17.3 Å². The molecular formula is C42H61NO8P+. The van der Waals surface area contributed by atoms with Gasteiger partial charge < -0.3 is 18.9 Å². The zero-order valence-corrected chi connectivity index (χ0v) is 32.9. The van der Waals surface area contributed by atoms with E-state index >= 15 is 0 Å². The summed E-state index contributed by atoms with van der Waals surface area (Å²) in [7, 11) is 1.43. The average Bonchev–Trinajstić information content (AvgIpc) is 3.62. The Labute approximate surface area is 311 Å². The van der Waals surface area contributed by atoms with Gasteiger partial charge in [0.2, 0.25) is 0 Å². The highest BCUT2D eigenvalue weighted by Crippen LogP contribution is 2.67. The number of esters is 2. The van der Waals surface area contributed by atoms with E-state index in [4.69, 9.17) is 25.1 Å². The number of nitrogens with zero attached hydrogens (tertiary/aromatic N) is 1. The number of phosphoric acid groups is 1. The lowest BCUT2D eigenvalue weighted by Crippen LogP contribution is -2.37. The van der Waals surface area contributed by atoms with Gasteiger partial charge in [0, 0.05) is 18.3 Å². The van der Waals surface area contributed by atoms with Crippen molar-refractivity contribution in [2.75, 3.05) is 47.5 Å². The molecule has 0 amide bonds. The summed E-state index contributed by atoms with van der Waals surface area (Å²) in [5.74, 6) is 0.275. The summed E-state index contributed by atoms with van der Waals surface area (Å²) in [6.07, 6.45) is 8.69. The lowest BCUT2D eigenvalue weighted by molar-refractivity contribution is -0.870. The number of likely N-dealkylation sites (N-methyl/N-ethyl adjacent to an activating group) is 1. The van der Waals surface area contributed by atoms with Crippen LogP contribution in [0.1, 0.15) is 95.6 Å². The molecule has 0 bridgehead atoms. The van der Waals surface area contributed by atoms with E-state index in [0.29, 0.717) is 29.3 Å². The fraction of sp³-hybridized carbons (Fsp3) is 0.571. The van der Waals surface area contributed by atoms with Gasteiger partial charge in [0.25, 0.3) is 0 Å². The summed E-state index contributed by atoms with van der Waals surface area (Å²) in [6, 6.07) is 21.7. The summed E-state index contributed by atoms with van der Waals surface area (Å²) < 4.78 is 33.6. The smallest absolute Gasteiger partial charge is 0.462 e. The summed E-state index contributed by atoms with van der Waals surface area (Å²) in [4.78, 5) is 34.5. The zero-order valence-electron chi connectivity index (χ0n) is 32.0. The first kappa shape index (κ1) is 41.7. The topological polar surface area (TPSA) is 108 Å². The molecule has 2 aliphatic carbocycles. The van der Waals surface area contributed by atoms with Crippen molar-refractivity contribution < 1.29 is 42.1 Å². The second-order valence-electron chi connectivity index (χ2n) is 15.5. The molecule has 5 atom stereocenters. The van der Waals surface area contributed by atoms with E-state index in [2.05, 4.69) is 67.6 Å². The Balaban J connectivity index is 1.25. The average molecular weight is 739 g/mol. The Hall–Kier alpha value is -3.07. The molecule has 0 aromatic heterocycles. The Morgan fingerprint density at radius 1 is 0.942 bits per heavy atom. The zero-order chi connectivity index (χ0) is 37.8. The third-order valence-electron chi connectivity index (χ3n) is 10.6. The molecule has 1 fully saturated rings. The lowest BCUT2D eigenvalue weighted by Gasteiger charge is -2.37. The van der Waals surface area contributed by atoms with Crippen LogP contribution < -0.4 is 0 Å². The third kappa shape index (κ3) is 11.7. The molecule has 1 saturated carbocycles. The van der Waals surface area contributed by atoms with Crippen LogP contribution in [0.4, 0.5) is 0 Å². The quantitative estimate of drug-likeness (QED) is 0.0552. The number of carbonyl (C=O) groups excluding carboxylic acids is 2. The van der Waals surface area contributed by atoms with Crippen LogP contribution in [0.3, 0.4) is 0 Å². The van der Waals surface area contributed by atoms with E-state index in [9.17, 15) is 19.0 Å². The predicted octanol–water partition coefficient (Wildman–Crippen LogP) is 9.03. The number of unbranched alkanes of at least 4 members (excludes halogenated alkanes) is 4. The lowest BCUT2D eigenvalue weighted by atomic mass is 9.66. The molecule has 1 N–H and O–H groups in total. The molecule has 52 heavy (non-hydrogen) atoms. The predicted molar refractivity (Wildman–Crippen MR) is 206 cm³/mol. The molecule has 2 aromatic carbocycles. The molecule has 0 aliphatic heterocycles. The maximum absolute atomic E-state index is 12.5. The summed E-state index contributed by atoms with van der Waals surface area (Å²) in [5, 5.41) is 0. The molecule has 2 aromatic rings. The van der Waals surface area contributed by atoms with E-state index in [1.165, 1.54) is 28.7 Å². The minimum absolute atomic E-state index is 0.0175. The first-order chi connectivity index (χ1) is 24.8. The van der Waals surface area contributed by atoms with Crippen molar-refractivity contribution in [3.05, 3.63) is 83.9 Å². The SMILES string of the molecule is C=C(c1ccccc1)[C@@]12CC[C@@H](C)[C@@H]1CC(CCCCCCCC(=O)OC[C@H](COP(=O)(O)OCC[N+](C)(C)C)OC(=O)CC)=C2c1ccccc1. The number of hydrogen-bond acceptors (Lipinski definition) is 7. The molecule has 10 heteroatoms. The van der Waals surface area contributed by atoms with Gasteiger partial charge in [-0.2, -0.15) is 0 Å². The van der Waals surface area contributed by atoms with E-state index in [1.807, 2.05) is 21.1 Å². The molecule has 2 aliphatic rings. The van der Waals surface area contributed by atoms with Gasteiger partial charge in [-0.25, -0.2) is 4.57 Å². The highest BCUT2D eigenvalue weighted by atomic mass is 31.2. The Bertz CT molecular complexity index is 1550. The highest BCUT2D eigenvalue weighted by Gasteiger charge is 2.55. The molecule has 1 unspecified atom stereocenters. The number of phosphoric ester groups is 1. The normalized spacial score (nSPS) is 21.7. The van der Waals surface area contributed by atoms with Crippen molar-refractivity contribution in [1.82, 2.24) is 0 Å². The van der Waals surface area contributed by atoms with Gasteiger partial charge >= 0.3 is 19.8 Å². The highest BCUT2D eigenvalue weighted by molar-refractivity contribution is 7.47. The number of carbonyl (C=O) groups is 2. The molecule has 0 spiro atoms. The summed E-state index contributed by atoms with van der Waals surface area (Å²) in [5.41, 5.74) is 6.90. The molecule has 0 radical (unpaired) electrons. The first-order valence-electron chi connectivity index (χ1n) is 19.1. The Kier molecular flexibility index (Phi) is 15.5. The fourth-order valence-electron chi connectivity index (χ4n) is 7.84. The number of fused-ring (bicyclic) bond motifs is 1. The van der Waals surface area contributed by atoms with Crippen LogP contribution in [0, 0.1) is 17.3 Å². The van der Waals surface area contributed by atoms with Crippen LogP contribution in [0.5, 0.6) is 0 Å². The maximum Gasteiger partial charge on any atom is 0.472 e. The Morgan fingerprint density at radius 3 is 2.27 bits per heavy atom. The third-order valence-corrected chi connectivity index (χ3v) is 11.6. The van der Waals surface area contributed by atoms with Crippen LogP contribution >= 0.6 is 7.82 Å². The van der Waals surface area contributed by atoms with E-state index in [-0.39, 0.29) is 31.5 Å². The number of quaternary nitrogens is 1. The number of allylic oxidation sites excluding steroid dienone is 3. The van der Waals surface area contributed by atoms with Crippen molar-refractivity contribution in [3.8, 4) is 0 Å². The van der Waals surface area contributed by atoms with Crippen molar-refractivity contribution in [3.63, 3.8) is 0 Å². The monoisotopic (exact) mass is 738 g/mol. The van der Waals surface area contributed by atoms with Crippen LogP contribution in [0.15, 0.2) is 72.8 Å². The second-order valence-corrected chi connectivity index (χ2v) is 17.0.